The minimum Gasteiger partial charge on any atom is -0.374 e. The molecule has 1 aliphatic heterocycles. The van der Waals surface area contributed by atoms with Crippen LogP contribution in [0.3, 0.4) is 0 Å². The molecule has 1 amide bonds. The molecule has 0 N–H and O–H groups in total. The molecule has 0 aromatic rings. The van der Waals surface area contributed by atoms with Crippen LogP contribution in [0, 0.1) is 11.8 Å². The Balaban J connectivity index is 2.75. The Hall–Kier alpha value is -0.420. The van der Waals surface area contributed by atoms with Gasteiger partial charge in [-0.15, -0.1) is 11.6 Å². The first-order valence-electron chi connectivity index (χ1n) is 6.16. The summed E-state index contributed by atoms with van der Waals surface area (Å²) >= 11 is 5.56. The number of alkyl halides is 3. The van der Waals surface area contributed by atoms with Crippen LogP contribution in [-0.2, 0) is 9.53 Å². The smallest absolute Gasteiger partial charge is 0.255 e. The average Bonchev–Trinajstić information content (AvgIpc) is 2.51. The summed E-state index contributed by atoms with van der Waals surface area (Å²) < 4.78 is 30.5. The van der Waals surface area contributed by atoms with E-state index in [9.17, 15) is 13.6 Å². The predicted molar refractivity (Wildman–Crippen MR) is 66.0 cm³/mol. The molecule has 1 rings (SSSR count). The average molecular weight is 284 g/mol. The van der Waals surface area contributed by atoms with E-state index in [2.05, 4.69) is 0 Å². The number of hydrogen-bond acceptors (Lipinski definition) is 2. The summed E-state index contributed by atoms with van der Waals surface area (Å²) in [5.41, 5.74) is 0. The van der Waals surface area contributed by atoms with Crippen LogP contribution in [0.2, 0.25) is 0 Å². The van der Waals surface area contributed by atoms with Crippen LogP contribution < -0.4 is 0 Å². The van der Waals surface area contributed by atoms with Gasteiger partial charge in [-0.05, 0) is 19.8 Å². The molecule has 1 saturated heterocycles. The molecular formula is C12H20ClF2NO2. The largest absolute Gasteiger partial charge is 0.374 e. The predicted octanol–water partition coefficient (Wildman–Crippen LogP) is 2.38. The molecule has 0 saturated carbocycles. The van der Waals surface area contributed by atoms with E-state index in [1.54, 1.807) is 0 Å². The molecule has 0 spiro atoms. The third-order valence-electron chi connectivity index (χ3n) is 3.55. The van der Waals surface area contributed by atoms with Gasteiger partial charge in [0, 0.05) is 12.4 Å². The van der Waals surface area contributed by atoms with Crippen molar-refractivity contribution in [1.82, 2.24) is 4.90 Å². The van der Waals surface area contributed by atoms with E-state index in [4.69, 9.17) is 16.3 Å². The fourth-order valence-corrected chi connectivity index (χ4v) is 2.67. The van der Waals surface area contributed by atoms with E-state index in [0.717, 1.165) is 4.90 Å². The van der Waals surface area contributed by atoms with E-state index in [0.29, 0.717) is 0 Å². The lowest BCUT2D eigenvalue weighted by molar-refractivity contribution is -0.139. The van der Waals surface area contributed by atoms with Crippen molar-refractivity contribution in [1.29, 1.82) is 0 Å². The monoisotopic (exact) mass is 283 g/mol. The highest BCUT2D eigenvalue weighted by atomic mass is 35.5. The molecule has 3 nitrogen and oxygen atoms in total. The highest BCUT2D eigenvalue weighted by molar-refractivity contribution is 6.18. The molecule has 1 aliphatic rings. The van der Waals surface area contributed by atoms with Gasteiger partial charge in [0.25, 0.3) is 6.43 Å². The zero-order chi connectivity index (χ0) is 13.9. The van der Waals surface area contributed by atoms with Crippen molar-refractivity contribution >= 4 is 17.5 Å². The Morgan fingerprint density at radius 2 is 1.94 bits per heavy atom. The van der Waals surface area contributed by atoms with Crippen molar-refractivity contribution in [3.05, 3.63) is 0 Å². The highest BCUT2D eigenvalue weighted by Gasteiger charge is 2.43. The lowest BCUT2D eigenvalue weighted by Gasteiger charge is -2.27. The minimum absolute atomic E-state index is 0.0293. The van der Waals surface area contributed by atoms with E-state index in [1.807, 2.05) is 20.8 Å². The van der Waals surface area contributed by atoms with Gasteiger partial charge in [0.15, 0.2) is 0 Å². The summed E-state index contributed by atoms with van der Waals surface area (Å²) in [6, 6.07) is 0. The molecule has 1 fully saturated rings. The lowest BCUT2D eigenvalue weighted by atomic mass is 9.88. The second kappa shape index (κ2) is 6.66. The summed E-state index contributed by atoms with van der Waals surface area (Å²) in [5, 5.41) is 0. The van der Waals surface area contributed by atoms with Gasteiger partial charge >= 0.3 is 0 Å². The third kappa shape index (κ3) is 3.54. The maximum Gasteiger partial charge on any atom is 0.255 e. The number of hydrogen-bond donors (Lipinski definition) is 0. The van der Waals surface area contributed by atoms with Gasteiger partial charge in [-0.25, -0.2) is 8.78 Å². The SMILES string of the molecule is CC1OC(C)C(C(=O)N(CCCl)CC(F)F)C1C. The number of carbonyl (C=O) groups excluding carboxylic acids is 1. The molecule has 0 aromatic carbocycles. The summed E-state index contributed by atoms with van der Waals surface area (Å²) in [6.07, 6.45) is -2.81. The zero-order valence-corrected chi connectivity index (χ0v) is 11.7. The topological polar surface area (TPSA) is 29.5 Å². The van der Waals surface area contributed by atoms with Crippen molar-refractivity contribution in [2.24, 2.45) is 11.8 Å². The maximum atomic E-state index is 12.5. The number of halogens is 3. The van der Waals surface area contributed by atoms with Gasteiger partial charge in [0.2, 0.25) is 5.91 Å². The molecule has 0 bridgehead atoms. The lowest BCUT2D eigenvalue weighted by Crippen LogP contribution is -2.44. The molecule has 4 atom stereocenters. The quantitative estimate of drug-likeness (QED) is 0.725. The maximum absolute atomic E-state index is 12.5. The van der Waals surface area contributed by atoms with Crippen molar-refractivity contribution in [3.63, 3.8) is 0 Å². The van der Waals surface area contributed by atoms with Crippen molar-refractivity contribution in [3.8, 4) is 0 Å². The van der Waals surface area contributed by atoms with Crippen LogP contribution in [0.5, 0.6) is 0 Å². The van der Waals surface area contributed by atoms with Gasteiger partial charge in [-0.1, -0.05) is 6.92 Å². The first-order chi connectivity index (χ1) is 8.38. The fraction of sp³-hybridized carbons (Fsp3) is 0.917. The van der Waals surface area contributed by atoms with E-state index >= 15 is 0 Å². The van der Waals surface area contributed by atoms with Gasteiger partial charge in [0.1, 0.15) is 0 Å². The molecule has 0 aromatic heterocycles. The van der Waals surface area contributed by atoms with Gasteiger partial charge in [-0.2, -0.15) is 0 Å². The number of carbonyl (C=O) groups is 1. The standard InChI is InChI=1S/C12H20ClF2NO2/c1-7-8(2)18-9(3)11(7)12(17)16(5-4-13)6-10(14)15/h7-11H,4-6H2,1-3H3. The van der Waals surface area contributed by atoms with Gasteiger partial charge in [-0.3, -0.25) is 4.79 Å². The molecule has 0 aliphatic carbocycles. The number of rotatable bonds is 5. The zero-order valence-electron chi connectivity index (χ0n) is 10.9. The van der Waals surface area contributed by atoms with Crippen LogP contribution in [-0.4, -0.2) is 48.4 Å². The normalized spacial score (nSPS) is 31.9. The van der Waals surface area contributed by atoms with Gasteiger partial charge in [0.05, 0.1) is 24.7 Å². The summed E-state index contributed by atoms with van der Waals surface area (Å²) in [7, 11) is 0. The van der Waals surface area contributed by atoms with Crippen LogP contribution in [0.4, 0.5) is 8.78 Å². The van der Waals surface area contributed by atoms with Crippen molar-refractivity contribution in [2.45, 2.75) is 39.4 Å². The Labute approximate surface area is 111 Å². The molecule has 18 heavy (non-hydrogen) atoms. The summed E-state index contributed by atoms with van der Waals surface area (Å²) in [6.45, 7) is 5.21. The fourth-order valence-electron chi connectivity index (χ4n) is 2.46. The highest BCUT2D eigenvalue weighted by Crippen LogP contribution is 2.33. The van der Waals surface area contributed by atoms with E-state index in [-0.39, 0.29) is 42.4 Å². The Kier molecular flexibility index (Phi) is 5.79. The molecular weight excluding hydrogens is 264 g/mol. The number of amides is 1. The Bertz CT molecular complexity index is 291. The van der Waals surface area contributed by atoms with Crippen LogP contribution in [0.25, 0.3) is 0 Å². The number of nitrogens with zero attached hydrogens (tertiary/aromatic N) is 1. The third-order valence-corrected chi connectivity index (χ3v) is 3.72. The molecule has 0 radical (unpaired) electrons. The molecule has 106 valence electrons. The Morgan fingerprint density at radius 3 is 2.33 bits per heavy atom. The summed E-state index contributed by atoms with van der Waals surface area (Å²) in [4.78, 5) is 13.4. The molecule has 4 unspecified atom stereocenters. The first kappa shape index (κ1) is 15.6. The second-order valence-corrected chi connectivity index (χ2v) is 5.17. The number of ether oxygens (including phenoxy) is 1. The summed E-state index contributed by atoms with van der Waals surface area (Å²) in [5.74, 6) is -0.449. The van der Waals surface area contributed by atoms with Crippen molar-refractivity contribution in [2.75, 3.05) is 19.0 Å². The molecule has 1 heterocycles. The van der Waals surface area contributed by atoms with E-state index in [1.165, 1.54) is 0 Å². The first-order valence-corrected chi connectivity index (χ1v) is 6.70. The van der Waals surface area contributed by atoms with Crippen LogP contribution >= 0.6 is 11.6 Å². The second-order valence-electron chi connectivity index (χ2n) is 4.80. The molecule has 6 heteroatoms. The van der Waals surface area contributed by atoms with Crippen LogP contribution in [0.1, 0.15) is 20.8 Å². The van der Waals surface area contributed by atoms with Crippen molar-refractivity contribution < 1.29 is 18.3 Å². The van der Waals surface area contributed by atoms with Gasteiger partial charge < -0.3 is 9.64 Å². The van der Waals surface area contributed by atoms with E-state index < -0.39 is 13.0 Å². The minimum atomic E-state index is -2.54. The van der Waals surface area contributed by atoms with Crippen LogP contribution in [0.15, 0.2) is 0 Å². The Morgan fingerprint density at radius 1 is 1.33 bits per heavy atom.